The van der Waals surface area contributed by atoms with Crippen molar-refractivity contribution in [2.45, 2.75) is 25.4 Å². The van der Waals surface area contributed by atoms with E-state index in [9.17, 15) is 8.42 Å². The zero-order valence-electron chi connectivity index (χ0n) is 17.6. The predicted octanol–water partition coefficient (Wildman–Crippen LogP) is 3.57. The van der Waals surface area contributed by atoms with E-state index in [1.54, 1.807) is 4.52 Å². The SMILES string of the molecule is CS(=O)(=O)N1CCC(c2nnc3sc(-c4cccc(OCc5ccccc5)c4)nn23)CC1. The molecule has 10 heteroatoms. The van der Waals surface area contributed by atoms with Gasteiger partial charge in [-0.15, -0.1) is 10.2 Å². The zero-order valence-corrected chi connectivity index (χ0v) is 19.2. The number of hydrogen-bond acceptors (Lipinski definition) is 7. The van der Waals surface area contributed by atoms with Gasteiger partial charge in [-0.1, -0.05) is 53.8 Å². The van der Waals surface area contributed by atoms with Gasteiger partial charge in [0.1, 0.15) is 17.4 Å². The molecule has 0 aliphatic carbocycles. The molecule has 4 aromatic rings. The molecule has 0 spiro atoms. The van der Waals surface area contributed by atoms with Crippen LogP contribution in [0.25, 0.3) is 15.5 Å². The van der Waals surface area contributed by atoms with Crippen molar-refractivity contribution in [3.8, 4) is 16.3 Å². The Bertz CT molecular complexity index is 1330. The summed E-state index contributed by atoms with van der Waals surface area (Å²) in [4.78, 5) is 0.733. The number of fused-ring (bicyclic) bond motifs is 1. The quantitative estimate of drug-likeness (QED) is 0.429. The number of benzene rings is 2. The normalized spacial score (nSPS) is 15.9. The molecule has 1 saturated heterocycles. The summed E-state index contributed by atoms with van der Waals surface area (Å²) >= 11 is 1.48. The van der Waals surface area contributed by atoms with E-state index >= 15 is 0 Å². The Hall–Kier alpha value is -2.82. The average Bonchev–Trinajstić information content (AvgIpc) is 3.39. The fourth-order valence-electron chi connectivity index (χ4n) is 3.91. The number of rotatable bonds is 6. The second-order valence-electron chi connectivity index (χ2n) is 7.90. The second-order valence-corrected chi connectivity index (χ2v) is 10.8. The molecule has 0 atom stereocenters. The molecule has 3 heterocycles. The van der Waals surface area contributed by atoms with Crippen LogP contribution >= 0.6 is 11.3 Å². The van der Waals surface area contributed by atoms with E-state index in [-0.39, 0.29) is 5.92 Å². The first-order chi connectivity index (χ1) is 15.5. The number of piperidine rings is 1. The molecular formula is C22H23N5O3S2. The number of nitrogens with zero attached hydrogens (tertiary/aromatic N) is 5. The molecule has 2 aromatic heterocycles. The van der Waals surface area contributed by atoms with Gasteiger partial charge < -0.3 is 4.74 Å². The summed E-state index contributed by atoms with van der Waals surface area (Å²) in [5.74, 6) is 1.72. The maximum atomic E-state index is 11.8. The highest BCUT2D eigenvalue weighted by molar-refractivity contribution is 7.88. The van der Waals surface area contributed by atoms with Gasteiger partial charge in [-0.2, -0.15) is 9.61 Å². The smallest absolute Gasteiger partial charge is 0.234 e. The number of ether oxygens (including phenoxy) is 1. The van der Waals surface area contributed by atoms with E-state index in [2.05, 4.69) is 10.2 Å². The van der Waals surface area contributed by atoms with Crippen molar-refractivity contribution in [1.82, 2.24) is 24.1 Å². The van der Waals surface area contributed by atoms with Crippen molar-refractivity contribution >= 4 is 26.3 Å². The maximum Gasteiger partial charge on any atom is 0.234 e. The molecule has 1 aliphatic heterocycles. The summed E-state index contributed by atoms with van der Waals surface area (Å²) in [6.07, 6.45) is 2.68. The lowest BCUT2D eigenvalue weighted by atomic mass is 9.97. The third-order valence-corrected chi connectivity index (χ3v) is 7.88. The van der Waals surface area contributed by atoms with Crippen molar-refractivity contribution in [3.05, 3.63) is 66.0 Å². The van der Waals surface area contributed by atoms with Crippen molar-refractivity contribution in [3.63, 3.8) is 0 Å². The Balaban J connectivity index is 1.33. The summed E-state index contributed by atoms with van der Waals surface area (Å²) in [5, 5.41) is 14.3. The van der Waals surface area contributed by atoms with Gasteiger partial charge in [-0.25, -0.2) is 12.7 Å². The lowest BCUT2D eigenvalue weighted by Gasteiger charge is -2.28. The molecule has 1 aliphatic rings. The third kappa shape index (κ3) is 4.38. The van der Waals surface area contributed by atoms with Crippen LogP contribution in [-0.2, 0) is 16.6 Å². The van der Waals surface area contributed by atoms with Crippen LogP contribution in [0.2, 0.25) is 0 Å². The number of hydrogen-bond donors (Lipinski definition) is 0. The first-order valence-electron chi connectivity index (χ1n) is 10.4. The molecule has 0 amide bonds. The van der Waals surface area contributed by atoms with Crippen molar-refractivity contribution in [1.29, 1.82) is 0 Å². The maximum absolute atomic E-state index is 11.8. The second kappa shape index (κ2) is 8.61. The highest BCUT2D eigenvalue weighted by Gasteiger charge is 2.29. The molecule has 0 saturated carbocycles. The molecular weight excluding hydrogens is 446 g/mol. The van der Waals surface area contributed by atoms with Crippen LogP contribution in [-0.4, -0.2) is 51.9 Å². The Morgan fingerprint density at radius 1 is 1.06 bits per heavy atom. The van der Waals surface area contributed by atoms with Crippen molar-refractivity contribution in [2.75, 3.05) is 19.3 Å². The van der Waals surface area contributed by atoms with Crippen LogP contribution in [0.4, 0.5) is 0 Å². The van der Waals surface area contributed by atoms with Crippen LogP contribution in [0.15, 0.2) is 54.6 Å². The lowest BCUT2D eigenvalue weighted by Crippen LogP contribution is -2.37. The van der Waals surface area contributed by atoms with Gasteiger partial charge in [-0.3, -0.25) is 0 Å². The van der Waals surface area contributed by atoms with Gasteiger partial charge >= 0.3 is 0 Å². The molecule has 32 heavy (non-hydrogen) atoms. The minimum absolute atomic E-state index is 0.137. The summed E-state index contributed by atoms with van der Waals surface area (Å²) in [6.45, 7) is 1.50. The lowest BCUT2D eigenvalue weighted by molar-refractivity contribution is 0.306. The largest absolute Gasteiger partial charge is 0.489 e. The third-order valence-electron chi connectivity index (χ3n) is 5.63. The molecule has 2 aromatic carbocycles. The molecule has 0 radical (unpaired) electrons. The fraction of sp³-hybridized carbons (Fsp3) is 0.318. The molecule has 0 bridgehead atoms. The van der Waals surface area contributed by atoms with E-state index in [1.807, 2.05) is 54.6 Å². The zero-order chi connectivity index (χ0) is 22.1. The molecule has 166 valence electrons. The van der Waals surface area contributed by atoms with Gasteiger partial charge in [0.05, 0.1) is 6.26 Å². The average molecular weight is 470 g/mol. The fourth-order valence-corrected chi connectivity index (χ4v) is 5.63. The highest BCUT2D eigenvalue weighted by atomic mass is 32.2. The topological polar surface area (TPSA) is 89.7 Å². The highest BCUT2D eigenvalue weighted by Crippen LogP contribution is 2.32. The Labute approximate surface area is 190 Å². The minimum atomic E-state index is -3.15. The minimum Gasteiger partial charge on any atom is -0.489 e. The predicted molar refractivity (Wildman–Crippen MR) is 123 cm³/mol. The molecule has 0 N–H and O–H groups in total. The van der Waals surface area contributed by atoms with Gasteiger partial charge in [0.15, 0.2) is 5.82 Å². The van der Waals surface area contributed by atoms with Crippen LogP contribution in [0.1, 0.15) is 30.1 Å². The summed E-state index contributed by atoms with van der Waals surface area (Å²) in [7, 11) is -3.15. The summed E-state index contributed by atoms with van der Waals surface area (Å²) in [5.41, 5.74) is 2.08. The van der Waals surface area contributed by atoms with E-state index < -0.39 is 10.0 Å². The standard InChI is InChI=1S/C22H23N5O3S2/c1-32(28,29)26-12-10-17(11-13-26)20-23-24-22-27(20)25-21(31-22)18-8-5-9-19(14-18)30-15-16-6-3-2-4-7-16/h2-9,14,17H,10-13,15H2,1H3. The van der Waals surface area contributed by atoms with E-state index in [0.717, 1.165) is 32.7 Å². The van der Waals surface area contributed by atoms with Gasteiger partial charge in [0.25, 0.3) is 0 Å². The van der Waals surface area contributed by atoms with Gasteiger partial charge in [0, 0.05) is 24.6 Å². The Morgan fingerprint density at radius 3 is 2.59 bits per heavy atom. The first-order valence-corrected chi connectivity index (χ1v) is 13.1. The van der Waals surface area contributed by atoms with E-state index in [0.29, 0.717) is 32.5 Å². The van der Waals surface area contributed by atoms with Crippen LogP contribution in [0.3, 0.4) is 0 Å². The summed E-state index contributed by atoms with van der Waals surface area (Å²) < 4.78 is 32.8. The molecule has 0 unspecified atom stereocenters. The van der Waals surface area contributed by atoms with Crippen LogP contribution in [0, 0.1) is 0 Å². The Morgan fingerprint density at radius 2 is 1.84 bits per heavy atom. The van der Waals surface area contributed by atoms with Gasteiger partial charge in [0.2, 0.25) is 15.0 Å². The molecule has 8 nitrogen and oxygen atoms in total. The summed E-state index contributed by atoms with van der Waals surface area (Å²) in [6, 6.07) is 17.9. The number of aromatic nitrogens is 4. The van der Waals surface area contributed by atoms with Crippen molar-refractivity contribution < 1.29 is 13.2 Å². The Kier molecular flexibility index (Phi) is 5.66. The first kappa shape index (κ1) is 21.0. The van der Waals surface area contributed by atoms with Crippen LogP contribution < -0.4 is 4.74 Å². The monoisotopic (exact) mass is 469 g/mol. The van der Waals surface area contributed by atoms with Crippen LogP contribution in [0.5, 0.6) is 5.75 Å². The van der Waals surface area contributed by atoms with Crippen molar-refractivity contribution in [2.24, 2.45) is 0 Å². The van der Waals surface area contributed by atoms with Gasteiger partial charge in [-0.05, 0) is 30.5 Å². The molecule has 5 rings (SSSR count). The number of sulfonamides is 1. The molecule has 1 fully saturated rings. The van der Waals surface area contributed by atoms with E-state index in [1.165, 1.54) is 21.9 Å². The van der Waals surface area contributed by atoms with E-state index in [4.69, 9.17) is 9.84 Å².